The molecule has 2 N–H and O–H groups in total. The fraction of sp³-hybridized carbons (Fsp3) is 0.900. The molecule has 0 aliphatic carbocycles. The van der Waals surface area contributed by atoms with Crippen LogP contribution in [0.25, 0.3) is 0 Å². The summed E-state index contributed by atoms with van der Waals surface area (Å²) in [7, 11) is 1.78. The Bertz CT molecular complexity index is 148. The van der Waals surface area contributed by atoms with Gasteiger partial charge in [0.05, 0.1) is 6.54 Å². The van der Waals surface area contributed by atoms with E-state index in [-0.39, 0.29) is 11.9 Å². The van der Waals surface area contributed by atoms with E-state index in [0.29, 0.717) is 12.5 Å². The highest BCUT2D eigenvalue weighted by Crippen LogP contribution is 2.08. The molecule has 0 saturated heterocycles. The van der Waals surface area contributed by atoms with Crippen LogP contribution in [0.1, 0.15) is 33.6 Å². The molecule has 78 valence electrons. The van der Waals surface area contributed by atoms with Crippen LogP contribution in [-0.2, 0) is 4.79 Å². The van der Waals surface area contributed by atoms with Crippen molar-refractivity contribution in [3.8, 4) is 0 Å². The SMILES string of the molecule is CCC(C)CC(C)NC(=O)CNC. The largest absolute Gasteiger partial charge is 0.353 e. The summed E-state index contributed by atoms with van der Waals surface area (Å²) in [5.41, 5.74) is 0. The Kier molecular flexibility index (Phi) is 6.59. The molecule has 0 aliphatic heterocycles. The second-order valence-electron chi connectivity index (χ2n) is 3.75. The van der Waals surface area contributed by atoms with E-state index < -0.39 is 0 Å². The zero-order chi connectivity index (χ0) is 10.3. The van der Waals surface area contributed by atoms with Gasteiger partial charge in [0.2, 0.25) is 5.91 Å². The molecule has 0 rings (SSSR count). The van der Waals surface area contributed by atoms with Gasteiger partial charge in [0.15, 0.2) is 0 Å². The highest BCUT2D eigenvalue weighted by molar-refractivity contribution is 5.78. The molecule has 2 atom stereocenters. The molecular weight excluding hydrogens is 164 g/mol. The highest BCUT2D eigenvalue weighted by Gasteiger charge is 2.09. The van der Waals surface area contributed by atoms with Crippen molar-refractivity contribution in [2.45, 2.75) is 39.7 Å². The molecule has 0 aromatic heterocycles. The number of nitrogens with one attached hydrogen (secondary N) is 2. The van der Waals surface area contributed by atoms with E-state index in [4.69, 9.17) is 0 Å². The summed E-state index contributed by atoms with van der Waals surface area (Å²) < 4.78 is 0. The number of likely N-dealkylation sites (N-methyl/N-ethyl adjacent to an activating group) is 1. The second kappa shape index (κ2) is 6.89. The second-order valence-corrected chi connectivity index (χ2v) is 3.75. The summed E-state index contributed by atoms with van der Waals surface area (Å²) in [6.07, 6.45) is 2.23. The van der Waals surface area contributed by atoms with E-state index in [9.17, 15) is 4.79 Å². The first-order chi connectivity index (χ1) is 6.10. The van der Waals surface area contributed by atoms with Gasteiger partial charge in [-0.15, -0.1) is 0 Å². The van der Waals surface area contributed by atoms with Gasteiger partial charge in [-0.2, -0.15) is 0 Å². The monoisotopic (exact) mass is 186 g/mol. The minimum atomic E-state index is 0.0818. The van der Waals surface area contributed by atoms with Crippen molar-refractivity contribution < 1.29 is 4.79 Å². The first-order valence-corrected chi connectivity index (χ1v) is 5.04. The molecule has 3 heteroatoms. The Morgan fingerprint density at radius 1 is 1.38 bits per heavy atom. The lowest BCUT2D eigenvalue weighted by molar-refractivity contribution is -0.120. The van der Waals surface area contributed by atoms with Crippen molar-refractivity contribution in [3.05, 3.63) is 0 Å². The molecule has 0 bridgehead atoms. The molecule has 0 aromatic carbocycles. The molecule has 0 saturated carbocycles. The first-order valence-electron chi connectivity index (χ1n) is 5.04. The third kappa shape index (κ3) is 6.58. The van der Waals surface area contributed by atoms with Gasteiger partial charge in [-0.1, -0.05) is 20.3 Å². The van der Waals surface area contributed by atoms with Crippen molar-refractivity contribution >= 4 is 5.91 Å². The maximum atomic E-state index is 11.1. The van der Waals surface area contributed by atoms with Crippen molar-refractivity contribution in [2.75, 3.05) is 13.6 Å². The maximum Gasteiger partial charge on any atom is 0.234 e. The van der Waals surface area contributed by atoms with Gasteiger partial charge >= 0.3 is 0 Å². The fourth-order valence-corrected chi connectivity index (χ4v) is 1.32. The van der Waals surface area contributed by atoms with Crippen LogP contribution in [0.15, 0.2) is 0 Å². The summed E-state index contributed by atoms with van der Waals surface area (Å²) in [5, 5.41) is 5.77. The lowest BCUT2D eigenvalue weighted by Gasteiger charge is -2.17. The van der Waals surface area contributed by atoms with E-state index in [0.717, 1.165) is 6.42 Å². The number of amides is 1. The fourth-order valence-electron chi connectivity index (χ4n) is 1.32. The maximum absolute atomic E-state index is 11.1. The van der Waals surface area contributed by atoms with Gasteiger partial charge in [-0.3, -0.25) is 4.79 Å². The number of carbonyl (C=O) groups is 1. The lowest BCUT2D eigenvalue weighted by Crippen LogP contribution is -2.38. The number of hydrogen-bond donors (Lipinski definition) is 2. The molecule has 0 aliphatic rings. The summed E-state index contributed by atoms with van der Waals surface area (Å²) >= 11 is 0. The van der Waals surface area contributed by atoms with Crippen LogP contribution in [0.2, 0.25) is 0 Å². The predicted molar refractivity (Wildman–Crippen MR) is 55.6 cm³/mol. The molecule has 2 unspecified atom stereocenters. The molecule has 0 spiro atoms. The molecule has 0 heterocycles. The molecule has 13 heavy (non-hydrogen) atoms. The first kappa shape index (κ1) is 12.4. The van der Waals surface area contributed by atoms with Gasteiger partial charge in [0.25, 0.3) is 0 Å². The van der Waals surface area contributed by atoms with Crippen molar-refractivity contribution in [3.63, 3.8) is 0 Å². The van der Waals surface area contributed by atoms with E-state index in [2.05, 4.69) is 31.4 Å². The molecule has 3 nitrogen and oxygen atoms in total. The van der Waals surface area contributed by atoms with Crippen LogP contribution >= 0.6 is 0 Å². The highest BCUT2D eigenvalue weighted by atomic mass is 16.1. The van der Waals surface area contributed by atoms with Crippen LogP contribution in [0, 0.1) is 5.92 Å². The molecule has 0 aromatic rings. The lowest BCUT2D eigenvalue weighted by atomic mass is 10.0. The van der Waals surface area contributed by atoms with Crippen LogP contribution in [0.4, 0.5) is 0 Å². The normalized spacial score (nSPS) is 15.1. The quantitative estimate of drug-likeness (QED) is 0.653. The van der Waals surface area contributed by atoms with E-state index in [1.54, 1.807) is 7.05 Å². The Morgan fingerprint density at radius 2 is 2.00 bits per heavy atom. The number of hydrogen-bond acceptors (Lipinski definition) is 2. The van der Waals surface area contributed by atoms with Crippen LogP contribution in [-0.4, -0.2) is 25.5 Å². The van der Waals surface area contributed by atoms with Gasteiger partial charge in [-0.05, 0) is 26.3 Å². The molecule has 0 radical (unpaired) electrons. The van der Waals surface area contributed by atoms with Gasteiger partial charge in [-0.25, -0.2) is 0 Å². The Morgan fingerprint density at radius 3 is 2.46 bits per heavy atom. The summed E-state index contributed by atoms with van der Waals surface area (Å²) in [6, 6.07) is 0.288. The van der Waals surface area contributed by atoms with Crippen molar-refractivity contribution in [2.24, 2.45) is 5.92 Å². The summed E-state index contributed by atoms with van der Waals surface area (Å²) in [6.45, 7) is 6.85. The minimum Gasteiger partial charge on any atom is -0.353 e. The van der Waals surface area contributed by atoms with Gasteiger partial charge in [0.1, 0.15) is 0 Å². The van der Waals surface area contributed by atoms with Crippen molar-refractivity contribution in [1.29, 1.82) is 0 Å². The van der Waals surface area contributed by atoms with E-state index in [1.807, 2.05) is 0 Å². The van der Waals surface area contributed by atoms with Crippen LogP contribution in [0.3, 0.4) is 0 Å². The topological polar surface area (TPSA) is 41.1 Å². The zero-order valence-electron chi connectivity index (χ0n) is 9.18. The summed E-state index contributed by atoms with van der Waals surface area (Å²) in [4.78, 5) is 11.1. The van der Waals surface area contributed by atoms with E-state index >= 15 is 0 Å². The Labute approximate surface area is 81.3 Å². The van der Waals surface area contributed by atoms with Gasteiger partial charge in [0, 0.05) is 6.04 Å². The Hall–Kier alpha value is -0.570. The summed E-state index contributed by atoms with van der Waals surface area (Å²) in [5.74, 6) is 0.767. The molecule has 0 fully saturated rings. The molecule has 1 amide bonds. The smallest absolute Gasteiger partial charge is 0.234 e. The van der Waals surface area contributed by atoms with Crippen molar-refractivity contribution in [1.82, 2.24) is 10.6 Å². The molecular formula is C10H22N2O. The van der Waals surface area contributed by atoms with Crippen LogP contribution in [0.5, 0.6) is 0 Å². The van der Waals surface area contributed by atoms with E-state index in [1.165, 1.54) is 6.42 Å². The standard InChI is InChI=1S/C10H22N2O/c1-5-8(2)6-9(3)12-10(13)7-11-4/h8-9,11H,5-7H2,1-4H3,(H,12,13). The zero-order valence-corrected chi connectivity index (χ0v) is 9.18. The number of carbonyl (C=O) groups excluding carboxylic acids is 1. The van der Waals surface area contributed by atoms with Crippen LogP contribution < -0.4 is 10.6 Å². The van der Waals surface area contributed by atoms with Gasteiger partial charge < -0.3 is 10.6 Å². The predicted octanol–water partition coefficient (Wildman–Crippen LogP) is 1.15. The average molecular weight is 186 g/mol. The third-order valence-corrected chi connectivity index (χ3v) is 2.20. The average Bonchev–Trinajstić information content (AvgIpc) is 2.04. The third-order valence-electron chi connectivity index (χ3n) is 2.20. The minimum absolute atomic E-state index is 0.0818. The Balaban J connectivity index is 3.60. The number of rotatable bonds is 6.